The number of carbonyl (C=O) groups is 2. The number of rotatable bonds is 5. The quantitative estimate of drug-likeness (QED) is 0.765. The van der Waals surface area contributed by atoms with Crippen LogP contribution in [0.2, 0.25) is 0 Å². The molecule has 0 aromatic heterocycles. The van der Waals surface area contributed by atoms with Crippen molar-refractivity contribution in [2.24, 2.45) is 5.10 Å². The second kappa shape index (κ2) is 7.37. The van der Waals surface area contributed by atoms with Crippen molar-refractivity contribution >= 4 is 23.2 Å². The number of hydrogen-bond acceptors (Lipinski definition) is 5. The normalized spacial score (nSPS) is 14.9. The zero-order chi connectivity index (χ0) is 18.7. The number of phenolic OH excluding ortho intramolecular Hbond substituents is 1. The number of hydrazone groups is 1. The van der Waals surface area contributed by atoms with Crippen LogP contribution in [-0.4, -0.2) is 34.3 Å². The third kappa shape index (κ3) is 3.89. The van der Waals surface area contributed by atoms with Gasteiger partial charge in [-0.1, -0.05) is 12.1 Å². The maximum absolute atomic E-state index is 12.2. The van der Waals surface area contributed by atoms with E-state index in [1.165, 1.54) is 17.1 Å². The van der Waals surface area contributed by atoms with E-state index in [-0.39, 0.29) is 24.1 Å². The first-order valence-corrected chi connectivity index (χ1v) is 8.16. The van der Waals surface area contributed by atoms with Gasteiger partial charge in [-0.15, -0.1) is 0 Å². The maximum Gasteiger partial charge on any atom is 0.253 e. The molecule has 7 nitrogen and oxygen atoms in total. The molecular formula is C19H19N3O4. The first kappa shape index (κ1) is 17.6. The summed E-state index contributed by atoms with van der Waals surface area (Å²) >= 11 is 0. The molecule has 1 heterocycles. The molecule has 7 heteroatoms. The topological polar surface area (TPSA) is 102 Å². The second-order valence-electron chi connectivity index (χ2n) is 6.09. The van der Waals surface area contributed by atoms with Crippen molar-refractivity contribution in [2.75, 3.05) is 11.6 Å². The minimum atomic E-state index is -0.926. The van der Waals surface area contributed by atoms with Gasteiger partial charge in [-0.05, 0) is 48.9 Å². The summed E-state index contributed by atoms with van der Waals surface area (Å²) in [4.78, 5) is 24.0. The highest BCUT2D eigenvalue weighted by atomic mass is 16.3. The van der Waals surface area contributed by atoms with Gasteiger partial charge in [0.15, 0.2) is 0 Å². The first-order chi connectivity index (χ1) is 12.4. The van der Waals surface area contributed by atoms with Crippen LogP contribution in [-0.2, 0) is 4.79 Å². The van der Waals surface area contributed by atoms with Gasteiger partial charge < -0.3 is 15.5 Å². The highest BCUT2D eigenvalue weighted by molar-refractivity contribution is 6.12. The van der Waals surface area contributed by atoms with Crippen molar-refractivity contribution in [3.05, 3.63) is 59.7 Å². The SMILES string of the molecule is CC1=NN(c2ccc(C(=O)NCC(O)c3cccc(O)c3)cc2)C(=O)C1. The van der Waals surface area contributed by atoms with Gasteiger partial charge in [0.05, 0.1) is 18.2 Å². The Balaban J connectivity index is 1.61. The molecule has 0 fully saturated rings. The largest absolute Gasteiger partial charge is 0.508 e. The smallest absolute Gasteiger partial charge is 0.253 e. The number of benzene rings is 2. The predicted octanol–water partition coefficient (Wildman–Crippen LogP) is 1.97. The minimum absolute atomic E-state index is 0.0120. The van der Waals surface area contributed by atoms with Crippen molar-refractivity contribution in [3.8, 4) is 5.75 Å². The van der Waals surface area contributed by atoms with Gasteiger partial charge in [-0.3, -0.25) is 9.59 Å². The van der Waals surface area contributed by atoms with Crippen molar-refractivity contribution < 1.29 is 19.8 Å². The molecule has 2 aromatic rings. The summed E-state index contributed by atoms with van der Waals surface area (Å²) in [5, 5.41) is 27.7. The van der Waals surface area contributed by atoms with E-state index in [9.17, 15) is 19.8 Å². The summed E-state index contributed by atoms with van der Waals surface area (Å²) in [6.45, 7) is 1.80. The Bertz CT molecular complexity index is 861. The number of aliphatic hydroxyl groups is 1. The number of aliphatic hydroxyl groups excluding tert-OH is 1. The molecule has 1 aliphatic rings. The number of anilines is 1. The van der Waals surface area contributed by atoms with Crippen LogP contribution in [0.15, 0.2) is 53.6 Å². The fraction of sp³-hybridized carbons (Fsp3) is 0.211. The molecule has 3 N–H and O–H groups in total. The van der Waals surface area contributed by atoms with Crippen LogP contribution in [0.1, 0.15) is 35.4 Å². The summed E-state index contributed by atoms with van der Waals surface area (Å²) in [5.74, 6) is -0.394. The third-order valence-corrected chi connectivity index (χ3v) is 4.00. The second-order valence-corrected chi connectivity index (χ2v) is 6.09. The molecule has 1 atom stereocenters. The monoisotopic (exact) mass is 353 g/mol. The van der Waals surface area contributed by atoms with Gasteiger partial charge in [-0.2, -0.15) is 5.10 Å². The highest BCUT2D eigenvalue weighted by Crippen LogP contribution is 2.21. The van der Waals surface area contributed by atoms with Crippen molar-refractivity contribution in [1.29, 1.82) is 0 Å². The van der Waals surface area contributed by atoms with Crippen molar-refractivity contribution in [3.63, 3.8) is 0 Å². The fourth-order valence-corrected chi connectivity index (χ4v) is 2.65. The van der Waals surface area contributed by atoms with Crippen LogP contribution in [0, 0.1) is 0 Å². The van der Waals surface area contributed by atoms with Crippen LogP contribution in [0.4, 0.5) is 5.69 Å². The standard InChI is InChI=1S/C19H19N3O4/c1-12-9-18(25)22(21-12)15-7-5-13(6-8-15)19(26)20-11-17(24)14-3-2-4-16(23)10-14/h2-8,10,17,23-24H,9,11H2,1H3,(H,20,26). The molecule has 0 spiro atoms. The molecule has 0 aliphatic carbocycles. The van der Waals surface area contributed by atoms with E-state index >= 15 is 0 Å². The summed E-state index contributed by atoms with van der Waals surface area (Å²) < 4.78 is 0. The average molecular weight is 353 g/mol. The lowest BCUT2D eigenvalue weighted by molar-refractivity contribution is -0.116. The number of nitrogens with one attached hydrogen (secondary N) is 1. The number of aromatic hydroxyl groups is 1. The van der Waals surface area contributed by atoms with Crippen LogP contribution in [0.5, 0.6) is 5.75 Å². The lowest BCUT2D eigenvalue weighted by atomic mass is 10.1. The fourth-order valence-electron chi connectivity index (χ4n) is 2.65. The first-order valence-electron chi connectivity index (χ1n) is 8.16. The van der Waals surface area contributed by atoms with Gasteiger partial charge in [0.25, 0.3) is 11.8 Å². The lowest BCUT2D eigenvalue weighted by Gasteiger charge is -2.14. The van der Waals surface area contributed by atoms with Gasteiger partial charge >= 0.3 is 0 Å². The molecule has 134 valence electrons. The van der Waals surface area contributed by atoms with E-state index in [0.29, 0.717) is 23.2 Å². The zero-order valence-corrected chi connectivity index (χ0v) is 14.2. The Labute approximate surface area is 150 Å². The number of hydrogen-bond donors (Lipinski definition) is 3. The molecule has 1 aliphatic heterocycles. The van der Waals surface area contributed by atoms with E-state index < -0.39 is 6.10 Å². The van der Waals surface area contributed by atoms with Gasteiger partial charge in [0.2, 0.25) is 0 Å². The molecule has 26 heavy (non-hydrogen) atoms. The Morgan fingerprint density at radius 2 is 2.00 bits per heavy atom. The van der Waals surface area contributed by atoms with Gasteiger partial charge in [-0.25, -0.2) is 5.01 Å². The van der Waals surface area contributed by atoms with Crippen LogP contribution >= 0.6 is 0 Å². The van der Waals surface area contributed by atoms with Crippen molar-refractivity contribution in [2.45, 2.75) is 19.4 Å². The summed E-state index contributed by atoms with van der Waals surface area (Å²) in [5.41, 5.74) is 2.27. The van der Waals surface area contributed by atoms with Crippen LogP contribution in [0.25, 0.3) is 0 Å². The molecule has 3 rings (SSSR count). The molecule has 0 radical (unpaired) electrons. The molecule has 0 bridgehead atoms. The van der Waals surface area contributed by atoms with E-state index in [1.807, 2.05) is 0 Å². The third-order valence-electron chi connectivity index (χ3n) is 4.00. The summed E-state index contributed by atoms with van der Waals surface area (Å²) in [7, 11) is 0. The Morgan fingerprint density at radius 3 is 2.62 bits per heavy atom. The molecule has 0 saturated carbocycles. The predicted molar refractivity (Wildman–Crippen MR) is 97.1 cm³/mol. The molecule has 1 unspecified atom stereocenters. The summed E-state index contributed by atoms with van der Waals surface area (Å²) in [6, 6.07) is 12.7. The van der Waals surface area contributed by atoms with E-state index in [0.717, 1.165) is 5.71 Å². The molecule has 2 amide bonds. The van der Waals surface area contributed by atoms with Crippen molar-refractivity contribution in [1.82, 2.24) is 5.32 Å². The van der Waals surface area contributed by atoms with Gasteiger partial charge in [0.1, 0.15) is 5.75 Å². The Hall–Kier alpha value is -3.19. The Kier molecular flexibility index (Phi) is 4.99. The lowest BCUT2D eigenvalue weighted by Crippen LogP contribution is -2.28. The average Bonchev–Trinajstić information content (AvgIpc) is 2.97. The van der Waals surface area contributed by atoms with Crippen LogP contribution < -0.4 is 10.3 Å². The van der Waals surface area contributed by atoms with Gasteiger partial charge in [0, 0.05) is 17.8 Å². The van der Waals surface area contributed by atoms with E-state index in [2.05, 4.69) is 10.4 Å². The highest BCUT2D eigenvalue weighted by Gasteiger charge is 2.22. The maximum atomic E-state index is 12.2. The number of nitrogens with zero attached hydrogens (tertiary/aromatic N) is 2. The van der Waals surface area contributed by atoms with E-state index in [4.69, 9.17) is 0 Å². The number of phenols is 1. The van der Waals surface area contributed by atoms with Crippen LogP contribution in [0.3, 0.4) is 0 Å². The molecule has 2 aromatic carbocycles. The Morgan fingerprint density at radius 1 is 1.27 bits per heavy atom. The van der Waals surface area contributed by atoms with E-state index in [1.54, 1.807) is 43.3 Å². The molecular weight excluding hydrogens is 334 g/mol. The number of carbonyl (C=O) groups excluding carboxylic acids is 2. The minimum Gasteiger partial charge on any atom is -0.508 e. The number of amides is 2. The molecule has 0 saturated heterocycles. The summed E-state index contributed by atoms with van der Waals surface area (Å²) in [6.07, 6.45) is -0.625. The zero-order valence-electron chi connectivity index (χ0n) is 14.2.